The largest absolute Gasteiger partial charge is 0.507 e. The maximum atomic E-state index is 14.9. The Morgan fingerprint density at radius 3 is 2.76 bits per heavy atom. The molecule has 1 fully saturated rings. The van der Waals surface area contributed by atoms with Gasteiger partial charge in [-0.25, -0.2) is 4.39 Å². The fraction of sp³-hybridized carbons (Fsp3) is 0.192. The van der Waals surface area contributed by atoms with Crippen LogP contribution >= 0.6 is 0 Å². The second-order valence-corrected chi connectivity index (χ2v) is 8.26. The van der Waals surface area contributed by atoms with Crippen LogP contribution in [0.3, 0.4) is 0 Å². The predicted octanol–water partition coefficient (Wildman–Crippen LogP) is 4.17. The quantitative estimate of drug-likeness (QED) is 0.371. The number of hydrogen-bond acceptors (Lipinski definition) is 5. The van der Waals surface area contributed by atoms with Gasteiger partial charge in [0.15, 0.2) is 0 Å². The summed E-state index contributed by atoms with van der Waals surface area (Å²) in [5.74, 6) is -1.83. The first-order valence-corrected chi connectivity index (χ1v) is 10.7. The maximum Gasteiger partial charge on any atom is 0.295 e. The highest BCUT2D eigenvalue weighted by Crippen LogP contribution is 2.42. The zero-order chi connectivity index (χ0) is 23.1. The van der Waals surface area contributed by atoms with E-state index in [1.165, 1.54) is 23.1 Å². The smallest absolute Gasteiger partial charge is 0.295 e. The summed E-state index contributed by atoms with van der Waals surface area (Å²) in [5.41, 5.74) is 1.97. The Morgan fingerprint density at radius 2 is 2.00 bits per heavy atom. The number of benzene rings is 2. The van der Waals surface area contributed by atoms with E-state index in [1.807, 2.05) is 6.92 Å². The third-order valence-corrected chi connectivity index (χ3v) is 5.98. The van der Waals surface area contributed by atoms with Gasteiger partial charge in [0.2, 0.25) is 0 Å². The van der Waals surface area contributed by atoms with Gasteiger partial charge in [-0.3, -0.25) is 14.6 Å². The van der Waals surface area contributed by atoms with Crippen molar-refractivity contribution in [3.8, 4) is 5.75 Å². The Morgan fingerprint density at radius 1 is 1.18 bits per heavy atom. The Balaban J connectivity index is 1.65. The summed E-state index contributed by atoms with van der Waals surface area (Å²) in [6, 6.07) is 13.5. The summed E-state index contributed by atoms with van der Waals surface area (Å²) < 4.78 is 20.6. The number of carbonyl (C=O) groups is 2. The summed E-state index contributed by atoms with van der Waals surface area (Å²) >= 11 is 0. The van der Waals surface area contributed by atoms with Crippen molar-refractivity contribution in [2.75, 3.05) is 0 Å². The van der Waals surface area contributed by atoms with Crippen molar-refractivity contribution in [2.24, 2.45) is 0 Å². The fourth-order valence-corrected chi connectivity index (χ4v) is 4.48. The molecule has 2 aliphatic rings. The number of ketones is 1. The molecular weight excluding hydrogens is 423 g/mol. The van der Waals surface area contributed by atoms with Gasteiger partial charge in [-0.05, 0) is 48.4 Å². The minimum absolute atomic E-state index is 0.0147. The number of Topliss-reactive ketones (excluding diaryl/α,β-unsaturated/α-hetero) is 1. The minimum atomic E-state index is -1.07. The Bertz CT molecular complexity index is 1290. The third-order valence-electron chi connectivity index (χ3n) is 5.98. The monoisotopic (exact) mass is 444 g/mol. The summed E-state index contributed by atoms with van der Waals surface area (Å²) in [4.78, 5) is 31.5. The first-order chi connectivity index (χ1) is 15.9. The maximum absolute atomic E-state index is 14.9. The number of rotatable bonds is 4. The van der Waals surface area contributed by atoms with Gasteiger partial charge in [0.1, 0.15) is 23.4 Å². The van der Waals surface area contributed by atoms with Gasteiger partial charge in [-0.15, -0.1) is 0 Å². The Labute approximate surface area is 190 Å². The number of nitrogens with zero attached hydrogens (tertiary/aromatic N) is 2. The number of aliphatic hydroxyl groups excluding tert-OH is 1. The zero-order valence-electron chi connectivity index (χ0n) is 17.9. The first-order valence-electron chi connectivity index (χ1n) is 10.7. The van der Waals surface area contributed by atoms with Gasteiger partial charge >= 0.3 is 0 Å². The molecule has 3 aromatic rings. The number of pyridine rings is 1. The van der Waals surface area contributed by atoms with Gasteiger partial charge < -0.3 is 14.7 Å². The number of hydrogen-bond donors (Lipinski definition) is 1. The van der Waals surface area contributed by atoms with Crippen molar-refractivity contribution in [3.63, 3.8) is 0 Å². The van der Waals surface area contributed by atoms with Gasteiger partial charge in [0.05, 0.1) is 11.6 Å². The molecule has 3 heterocycles. The van der Waals surface area contributed by atoms with Crippen LogP contribution in [0.4, 0.5) is 4.39 Å². The number of halogens is 1. The second kappa shape index (κ2) is 8.16. The molecule has 2 atom stereocenters. The summed E-state index contributed by atoms with van der Waals surface area (Å²) in [6.45, 7) is 1.99. The van der Waals surface area contributed by atoms with E-state index in [0.717, 1.165) is 11.3 Å². The summed E-state index contributed by atoms with van der Waals surface area (Å²) in [6.07, 6.45) is 3.87. The lowest BCUT2D eigenvalue weighted by Gasteiger charge is -2.25. The molecule has 0 saturated carbocycles. The second-order valence-electron chi connectivity index (χ2n) is 8.26. The average molecular weight is 444 g/mol. The molecular formula is C26H21FN2O4. The highest BCUT2D eigenvalue weighted by Gasteiger charge is 2.47. The molecule has 1 N–H and O–H groups in total. The summed E-state index contributed by atoms with van der Waals surface area (Å²) in [5, 5.41) is 11.2. The SMILES string of the molecule is C[C@H]1Cc2cc(C(O)=C3C(=O)C(=O)N(Cc4cccnc4)[C@H]3c3ccccc3F)ccc2O1. The van der Waals surface area contributed by atoms with Crippen LogP contribution in [0.15, 0.2) is 72.6 Å². The fourth-order valence-electron chi connectivity index (χ4n) is 4.48. The number of fused-ring (bicyclic) bond motifs is 1. The van der Waals surface area contributed by atoms with Crippen molar-refractivity contribution in [1.29, 1.82) is 0 Å². The molecule has 166 valence electrons. The molecule has 1 amide bonds. The molecule has 1 saturated heterocycles. The first kappa shape index (κ1) is 20.9. The van der Waals surface area contributed by atoms with E-state index in [0.29, 0.717) is 17.5 Å². The number of amides is 1. The van der Waals surface area contributed by atoms with Crippen molar-refractivity contribution in [2.45, 2.75) is 32.0 Å². The van der Waals surface area contributed by atoms with E-state index < -0.39 is 23.5 Å². The van der Waals surface area contributed by atoms with Gasteiger partial charge in [-0.1, -0.05) is 24.3 Å². The highest BCUT2D eigenvalue weighted by molar-refractivity contribution is 6.46. The standard InChI is InChI=1S/C26H21FN2O4/c1-15-11-18-12-17(8-9-21(18)33-15)24(30)22-23(19-6-2-3-7-20(19)27)29(26(32)25(22)31)14-16-5-4-10-28-13-16/h2-10,12-13,15,23,30H,11,14H2,1H3/t15-,23-/m0/s1. The van der Waals surface area contributed by atoms with E-state index in [2.05, 4.69) is 4.98 Å². The van der Waals surface area contributed by atoms with Gasteiger partial charge in [-0.2, -0.15) is 0 Å². The van der Waals surface area contributed by atoms with Crippen molar-refractivity contribution in [3.05, 3.63) is 101 Å². The Hall–Kier alpha value is -4.00. The van der Waals surface area contributed by atoms with Crippen LogP contribution in [0.25, 0.3) is 5.76 Å². The molecule has 0 unspecified atom stereocenters. The molecule has 7 heteroatoms. The van der Waals surface area contributed by atoms with Crippen LogP contribution in [0.5, 0.6) is 5.75 Å². The van der Waals surface area contributed by atoms with E-state index in [1.54, 1.807) is 48.8 Å². The van der Waals surface area contributed by atoms with Crippen LogP contribution in [-0.2, 0) is 22.6 Å². The molecule has 33 heavy (non-hydrogen) atoms. The average Bonchev–Trinajstić information content (AvgIpc) is 3.31. The van der Waals surface area contributed by atoms with E-state index in [4.69, 9.17) is 4.74 Å². The summed E-state index contributed by atoms with van der Waals surface area (Å²) in [7, 11) is 0. The van der Waals surface area contributed by atoms with Crippen molar-refractivity contribution < 1.29 is 23.8 Å². The van der Waals surface area contributed by atoms with Crippen LogP contribution in [0.2, 0.25) is 0 Å². The van der Waals surface area contributed by atoms with E-state index >= 15 is 0 Å². The topological polar surface area (TPSA) is 79.7 Å². The van der Waals surface area contributed by atoms with Crippen molar-refractivity contribution in [1.82, 2.24) is 9.88 Å². The number of ether oxygens (including phenoxy) is 1. The molecule has 5 rings (SSSR count). The number of aliphatic hydroxyl groups is 1. The Kier molecular flexibility index (Phi) is 5.17. The normalized spacial score (nSPS) is 21.2. The van der Waals surface area contributed by atoms with Crippen LogP contribution in [0, 0.1) is 5.82 Å². The van der Waals surface area contributed by atoms with Gasteiger partial charge in [0, 0.05) is 36.5 Å². The molecule has 0 aliphatic carbocycles. The molecule has 6 nitrogen and oxygen atoms in total. The number of likely N-dealkylation sites (tertiary alicyclic amines) is 1. The van der Waals surface area contributed by atoms with E-state index in [-0.39, 0.29) is 29.5 Å². The minimum Gasteiger partial charge on any atom is -0.507 e. The molecule has 0 bridgehead atoms. The van der Waals surface area contributed by atoms with Crippen LogP contribution in [-0.4, -0.2) is 32.8 Å². The van der Waals surface area contributed by atoms with Crippen LogP contribution in [0.1, 0.15) is 35.2 Å². The molecule has 1 aromatic heterocycles. The van der Waals surface area contributed by atoms with Gasteiger partial charge in [0.25, 0.3) is 11.7 Å². The lowest BCUT2D eigenvalue weighted by molar-refractivity contribution is -0.140. The zero-order valence-corrected chi connectivity index (χ0v) is 17.9. The highest BCUT2D eigenvalue weighted by atomic mass is 19.1. The molecule has 0 radical (unpaired) electrons. The molecule has 0 spiro atoms. The lowest BCUT2D eigenvalue weighted by Crippen LogP contribution is -2.29. The van der Waals surface area contributed by atoms with Crippen LogP contribution < -0.4 is 4.74 Å². The number of carbonyl (C=O) groups excluding carboxylic acids is 2. The lowest BCUT2D eigenvalue weighted by atomic mass is 9.94. The predicted molar refractivity (Wildman–Crippen MR) is 119 cm³/mol. The molecule has 2 aromatic carbocycles. The third kappa shape index (κ3) is 3.65. The van der Waals surface area contributed by atoms with E-state index in [9.17, 15) is 19.1 Å². The number of aromatic nitrogens is 1. The van der Waals surface area contributed by atoms with Crippen molar-refractivity contribution >= 4 is 17.4 Å². The molecule has 2 aliphatic heterocycles.